The SMILES string of the molecule is C[C@@H]1C[C@@H]2O[C@@]3(O[C@H]2C(C)(C)O)[C@H](O)[C@@]2(C)[C@@H]4CC[C@@H]5C(C)(C)[C@@H](O[C@@H]6OC[C@@H](O)[C@H](O[C@@H]7OC[C@@H](O)[C@H](O)[C@H]7O)[C@H]6O)CC[C@]56C[C@]46CC[C@@]2(C)[C@@H]13. The standard InChI is InChI=1S/C40H64O13/c1-18-14-21-30(35(4,5)47)53-40(52-21)29(18)36(6)12-13-39-17-38(39)11-10-24(34(2,3)22(38)8-9-23(39)37(36,7)33(40)46)50-32-27(45)28(20(42)16-49-32)51-31-26(44)25(43)19(41)15-48-31/h18-33,41-47H,8-17H2,1-7H3/t18-,19-,20-,21+,22-,23+,24+,25+,26-,27-,28+,29-,30-,31+,32+,33-,36+,37-,38+,39-,40+/m1/s1. The fraction of sp³-hybridized carbons (Fsp3) is 1.00. The molecule has 13 nitrogen and oxygen atoms in total. The zero-order valence-electron chi connectivity index (χ0n) is 32.4. The van der Waals surface area contributed by atoms with Crippen molar-refractivity contribution in [2.75, 3.05) is 13.2 Å². The zero-order valence-corrected chi connectivity index (χ0v) is 32.4. The first-order valence-corrected chi connectivity index (χ1v) is 20.4. The van der Waals surface area contributed by atoms with Crippen LogP contribution in [0, 0.1) is 50.7 Å². The maximum atomic E-state index is 12.8. The Morgan fingerprint density at radius 2 is 1.36 bits per heavy atom. The third-order valence-electron chi connectivity index (χ3n) is 17.6. The van der Waals surface area contributed by atoms with Crippen molar-refractivity contribution in [1.82, 2.24) is 0 Å². The van der Waals surface area contributed by atoms with Gasteiger partial charge in [-0.3, -0.25) is 0 Å². The maximum Gasteiger partial charge on any atom is 0.199 e. The molecule has 302 valence electrons. The fourth-order valence-corrected chi connectivity index (χ4v) is 15.2. The molecule has 53 heavy (non-hydrogen) atoms. The number of fused-ring (bicyclic) bond motifs is 4. The fourth-order valence-electron chi connectivity index (χ4n) is 15.2. The zero-order chi connectivity index (χ0) is 38.1. The van der Waals surface area contributed by atoms with Gasteiger partial charge in [0.2, 0.25) is 0 Å². The topological polar surface area (TPSA) is 197 Å². The van der Waals surface area contributed by atoms with Crippen LogP contribution in [0.2, 0.25) is 0 Å². The van der Waals surface area contributed by atoms with Crippen molar-refractivity contribution in [2.24, 2.45) is 50.7 Å². The molecule has 9 aliphatic rings. The molecule has 4 heterocycles. The second-order valence-electron chi connectivity index (χ2n) is 20.6. The Kier molecular flexibility index (Phi) is 8.46. The first-order valence-electron chi connectivity index (χ1n) is 20.4. The Morgan fingerprint density at radius 3 is 2.06 bits per heavy atom. The normalized spacial score (nSPS) is 61.0. The predicted octanol–water partition coefficient (Wildman–Crippen LogP) is 1.58. The molecule has 7 N–H and O–H groups in total. The molecule has 0 aromatic heterocycles. The molecule has 9 fully saturated rings. The highest BCUT2D eigenvalue weighted by atomic mass is 16.8. The lowest BCUT2D eigenvalue weighted by atomic mass is 9.41. The van der Waals surface area contributed by atoms with Gasteiger partial charge in [0.25, 0.3) is 0 Å². The lowest BCUT2D eigenvalue weighted by Crippen LogP contribution is -2.62. The highest BCUT2D eigenvalue weighted by molar-refractivity contribution is 5.34. The number of rotatable bonds is 5. The van der Waals surface area contributed by atoms with E-state index < -0.39 is 78.2 Å². The number of ether oxygens (including phenoxy) is 6. The van der Waals surface area contributed by atoms with Gasteiger partial charge in [-0.25, -0.2) is 0 Å². The Labute approximate surface area is 312 Å². The Hall–Kier alpha value is -0.520. The summed E-state index contributed by atoms with van der Waals surface area (Å²) < 4.78 is 37.4. The lowest BCUT2D eigenvalue weighted by Gasteiger charge is -2.63. The number of aliphatic hydroxyl groups is 7. The molecule has 0 unspecified atom stereocenters. The van der Waals surface area contributed by atoms with Gasteiger partial charge in [-0.2, -0.15) is 0 Å². The summed E-state index contributed by atoms with van der Waals surface area (Å²) in [5, 5.41) is 76.5. The van der Waals surface area contributed by atoms with Gasteiger partial charge in [-0.1, -0.05) is 34.6 Å². The van der Waals surface area contributed by atoms with Gasteiger partial charge in [-0.05, 0) is 105 Å². The number of aliphatic hydroxyl groups excluding tert-OH is 6. The van der Waals surface area contributed by atoms with Crippen LogP contribution in [0.1, 0.15) is 99.8 Å². The van der Waals surface area contributed by atoms with Crippen molar-refractivity contribution < 1.29 is 64.2 Å². The van der Waals surface area contributed by atoms with Crippen LogP contribution in [0.5, 0.6) is 0 Å². The molecule has 21 atom stereocenters. The van der Waals surface area contributed by atoms with E-state index in [1.165, 1.54) is 0 Å². The van der Waals surface area contributed by atoms with E-state index in [1.807, 2.05) is 0 Å². The smallest absolute Gasteiger partial charge is 0.199 e. The van der Waals surface area contributed by atoms with E-state index in [0.29, 0.717) is 11.8 Å². The van der Waals surface area contributed by atoms with Gasteiger partial charge in [0.1, 0.15) is 48.8 Å². The van der Waals surface area contributed by atoms with Crippen molar-refractivity contribution >= 4 is 0 Å². The quantitative estimate of drug-likeness (QED) is 0.200. The van der Waals surface area contributed by atoms with Crippen LogP contribution in [-0.4, -0.2) is 134 Å². The molecular weight excluding hydrogens is 688 g/mol. The summed E-state index contributed by atoms with van der Waals surface area (Å²) in [6, 6.07) is 0. The van der Waals surface area contributed by atoms with Crippen LogP contribution in [0.4, 0.5) is 0 Å². The summed E-state index contributed by atoms with van der Waals surface area (Å²) in [5.41, 5.74) is -1.77. The van der Waals surface area contributed by atoms with E-state index >= 15 is 0 Å². The largest absolute Gasteiger partial charge is 0.388 e. The van der Waals surface area contributed by atoms with Gasteiger partial charge in [0, 0.05) is 11.3 Å². The Morgan fingerprint density at radius 1 is 0.717 bits per heavy atom. The molecule has 3 spiro atoms. The number of hydrogen-bond acceptors (Lipinski definition) is 13. The first-order chi connectivity index (χ1) is 24.7. The second kappa shape index (κ2) is 11.8. The van der Waals surface area contributed by atoms with E-state index in [9.17, 15) is 35.7 Å². The Balaban J connectivity index is 0.941. The van der Waals surface area contributed by atoms with Crippen molar-refractivity contribution in [1.29, 1.82) is 0 Å². The second-order valence-corrected chi connectivity index (χ2v) is 20.6. The Bertz CT molecular complexity index is 1460. The predicted molar refractivity (Wildman–Crippen MR) is 185 cm³/mol. The van der Waals surface area contributed by atoms with Crippen LogP contribution in [0.25, 0.3) is 0 Å². The van der Waals surface area contributed by atoms with Crippen molar-refractivity contribution in [3.63, 3.8) is 0 Å². The van der Waals surface area contributed by atoms with Gasteiger partial charge in [0.05, 0.1) is 31.0 Å². The first kappa shape index (κ1) is 38.0. The van der Waals surface area contributed by atoms with Gasteiger partial charge < -0.3 is 64.2 Å². The van der Waals surface area contributed by atoms with E-state index in [1.54, 1.807) is 13.8 Å². The summed E-state index contributed by atoms with van der Waals surface area (Å²) in [5.74, 6) is -0.148. The average Bonchev–Trinajstić information content (AvgIpc) is 3.60. The number of hydrogen-bond donors (Lipinski definition) is 7. The van der Waals surface area contributed by atoms with Gasteiger partial charge in [-0.15, -0.1) is 0 Å². The van der Waals surface area contributed by atoms with Gasteiger partial charge >= 0.3 is 0 Å². The van der Waals surface area contributed by atoms with Crippen LogP contribution in [0.3, 0.4) is 0 Å². The molecule has 5 saturated carbocycles. The molecular formula is C40H64O13. The van der Waals surface area contributed by atoms with E-state index in [-0.39, 0.29) is 58.9 Å². The monoisotopic (exact) mass is 752 g/mol. The molecule has 4 aliphatic heterocycles. The molecule has 0 radical (unpaired) electrons. The van der Waals surface area contributed by atoms with Crippen LogP contribution >= 0.6 is 0 Å². The van der Waals surface area contributed by atoms with Crippen LogP contribution in [0.15, 0.2) is 0 Å². The highest BCUT2D eigenvalue weighted by Crippen LogP contribution is 2.90. The van der Waals surface area contributed by atoms with Crippen molar-refractivity contribution in [2.45, 2.75) is 185 Å². The summed E-state index contributed by atoms with van der Waals surface area (Å²) in [4.78, 5) is 0. The molecule has 9 rings (SSSR count). The average molecular weight is 753 g/mol. The minimum Gasteiger partial charge on any atom is -0.388 e. The van der Waals surface area contributed by atoms with Crippen LogP contribution in [-0.2, 0) is 28.4 Å². The minimum atomic E-state index is -1.56. The molecule has 5 aliphatic carbocycles. The molecule has 4 saturated heterocycles. The van der Waals surface area contributed by atoms with E-state index in [2.05, 4.69) is 34.6 Å². The molecule has 0 aromatic rings. The highest BCUT2D eigenvalue weighted by Gasteiger charge is 2.88. The molecule has 0 amide bonds. The third kappa shape index (κ3) is 4.72. The van der Waals surface area contributed by atoms with E-state index in [0.717, 1.165) is 51.4 Å². The minimum absolute atomic E-state index is 0.0294. The van der Waals surface area contributed by atoms with Crippen molar-refractivity contribution in [3.05, 3.63) is 0 Å². The van der Waals surface area contributed by atoms with Gasteiger partial charge in [0.15, 0.2) is 18.4 Å². The summed E-state index contributed by atoms with van der Waals surface area (Å²) in [6.07, 6.45) is -4.62. The molecule has 2 bridgehead atoms. The summed E-state index contributed by atoms with van der Waals surface area (Å²) in [7, 11) is 0. The third-order valence-corrected chi connectivity index (χ3v) is 17.6. The van der Waals surface area contributed by atoms with Crippen molar-refractivity contribution in [3.8, 4) is 0 Å². The maximum absolute atomic E-state index is 12.8. The van der Waals surface area contributed by atoms with E-state index in [4.69, 9.17) is 28.4 Å². The molecule has 0 aromatic carbocycles. The lowest BCUT2D eigenvalue weighted by molar-refractivity contribution is -0.345. The summed E-state index contributed by atoms with van der Waals surface area (Å²) in [6.45, 7) is 14.7. The molecule has 13 heteroatoms. The van der Waals surface area contributed by atoms with Crippen LogP contribution < -0.4 is 0 Å². The summed E-state index contributed by atoms with van der Waals surface area (Å²) >= 11 is 0.